The Hall–Kier alpha value is -2.76. The number of ether oxygens (including phenoxy) is 1. The van der Waals surface area contributed by atoms with Gasteiger partial charge in [-0.1, -0.05) is 24.3 Å². The summed E-state index contributed by atoms with van der Waals surface area (Å²) in [4.78, 5) is 0. The maximum atomic E-state index is 6.05. The van der Waals surface area contributed by atoms with Crippen molar-refractivity contribution in [2.24, 2.45) is 11.5 Å². The van der Waals surface area contributed by atoms with Gasteiger partial charge in [0.05, 0.1) is 0 Å². The molecular formula is C18H22N4O. The molecular weight excluding hydrogens is 288 g/mol. The van der Waals surface area contributed by atoms with Crippen molar-refractivity contribution in [3.05, 3.63) is 59.7 Å². The fourth-order valence-corrected chi connectivity index (χ4v) is 2.09. The number of benzene rings is 2. The van der Waals surface area contributed by atoms with E-state index in [4.69, 9.17) is 27.7 Å². The van der Waals surface area contributed by atoms with Gasteiger partial charge in [-0.2, -0.15) is 0 Å². The molecule has 0 spiro atoms. The van der Waals surface area contributed by atoms with Crippen LogP contribution in [-0.4, -0.2) is 13.1 Å². The van der Waals surface area contributed by atoms with Gasteiger partial charge in [0.2, 0.25) is 0 Å². The molecule has 0 amide bonds. The van der Waals surface area contributed by atoms with Gasteiger partial charge in [0.25, 0.3) is 0 Å². The van der Waals surface area contributed by atoms with Gasteiger partial charge >= 0.3 is 0 Å². The smallest absolute Gasteiger partial charge is 0.134 e. The van der Waals surface area contributed by atoms with Gasteiger partial charge in [-0.25, -0.2) is 0 Å². The van der Waals surface area contributed by atoms with E-state index < -0.39 is 0 Å². The second-order valence-electron chi connectivity index (χ2n) is 4.97. The first-order valence-corrected chi connectivity index (χ1v) is 7.34. The molecule has 2 rings (SSSR count). The largest absolute Gasteiger partial charge is 0.456 e. The molecule has 0 radical (unpaired) electrons. The quantitative estimate of drug-likeness (QED) is 0.612. The van der Waals surface area contributed by atoms with Gasteiger partial charge in [-0.3, -0.25) is 0 Å². The fraction of sp³-hybridized carbons (Fsp3) is 0.111. The van der Waals surface area contributed by atoms with E-state index in [1.807, 2.05) is 48.6 Å². The predicted octanol–water partition coefficient (Wildman–Crippen LogP) is 2.59. The highest BCUT2D eigenvalue weighted by atomic mass is 16.5. The molecule has 0 bridgehead atoms. The third kappa shape index (κ3) is 4.60. The van der Waals surface area contributed by atoms with Crippen molar-refractivity contribution in [3.8, 4) is 11.5 Å². The first-order chi connectivity index (χ1) is 11.1. The molecule has 5 nitrogen and oxygen atoms in total. The molecule has 8 N–H and O–H groups in total. The molecule has 23 heavy (non-hydrogen) atoms. The van der Waals surface area contributed by atoms with Crippen molar-refractivity contribution in [2.75, 3.05) is 24.6 Å². The summed E-state index contributed by atoms with van der Waals surface area (Å²) in [7, 11) is 0. The van der Waals surface area contributed by atoms with E-state index in [1.54, 1.807) is 12.1 Å². The zero-order chi connectivity index (χ0) is 16.7. The number of rotatable bonds is 6. The highest BCUT2D eigenvalue weighted by Crippen LogP contribution is 2.32. The summed E-state index contributed by atoms with van der Waals surface area (Å²) in [6.07, 6.45) is 7.47. The second kappa shape index (κ2) is 8.03. The monoisotopic (exact) mass is 310 g/mol. The summed E-state index contributed by atoms with van der Waals surface area (Å²) >= 11 is 0. The fourth-order valence-electron chi connectivity index (χ4n) is 2.09. The summed E-state index contributed by atoms with van der Waals surface area (Å²) < 4.78 is 6.05. The van der Waals surface area contributed by atoms with Gasteiger partial charge in [-0.15, -0.1) is 0 Å². The van der Waals surface area contributed by atoms with E-state index in [0.29, 0.717) is 36.0 Å². The minimum absolute atomic E-state index is 0.445. The van der Waals surface area contributed by atoms with E-state index in [2.05, 4.69) is 0 Å². The predicted molar refractivity (Wildman–Crippen MR) is 98.0 cm³/mol. The molecule has 0 aliphatic heterocycles. The lowest BCUT2D eigenvalue weighted by Crippen LogP contribution is -1.96. The molecule has 120 valence electrons. The van der Waals surface area contributed by atoms with E-state index in [9.17, 15) is 0 Å². The van der Waals surface area contributed by atoms with Crippen LogP contribution in [0.1, 0.15) is 11.1 Å². The lowest BCUT2D eigenvalue weighted by Gasteiger charge is -2.12. The number of nitrogens with two attached hydrogens (primary N) is 4. The third-order valence-corrected chi connectivity index (χ3v) is 3.15. The summed E-state index contributed by atoms with van der Waals surface area (Å²) in [5.41, 5.74) is 25.8. The lowest BCUT2D eigenvalue weighted by molar-refractivity contribution is 0.480. The molecule has 0 aliphatic carbocycles. The average molecular weight is 310 g/mol. The Morgan fingerprint density at radius 3 is 1.57 bits per heavy atom. The Labute approximate surface area is 136 Å². The van der Waals surface area contributed by atoms with E-state index in [0.717, 1.165) is 11.1 Å². The summed E-state index contributed by atoms with van der Waals surface area (Å²) in [6.45, 7) is 0.890. The normalized spacial score (nSPS) is 11.4. The third-order valence-electron chi connectivity index (χ3n) is 3.15. The van der Waals surface area contributed by atoms with Crippen LogP contribution in [-0.2, 0) is 0 Å². The van der Waals surface area contributed by atoms with E-state index in [-0.39, 0.29) is 0 Å². The Morgan fingerprint density at radius 1 is 0.739 bits per heavy atom. The van der Waals surface area contributed by atoms with Gasteiger partial charge < -0.3 is 27.7 Å². The SMILES string of the molecule is NCC=Cc1cc(N)ccc1Oc1ccc(N)cc1C=CCN. The van der Waals surface area contributed by atoms with Gasteiger partial charge in [-0.05, 0) is 36.4 Å². The molecule has 0 aliphatic rings. The molecule has 0 aromatic heterocycles. The van der Waals surface area contributed by atoms with Crippen LogP contribution in [0.2, 0.25) is 0 Å². The summed E-state index contributed by atoms with van der Waals surface area (Å²) in [5, 5.41) is 0. The molecule has 2 aromatic rings. The van der Waals surface area contributed by atoms with Crippen LogP contribution in [0.4, 0.5) is 11.4 Å². The molecule has 0 heterocycles. The molecule has 0 unspecified atom stereocenters. The topological polar surface area (TPSA) is 113 Å². The molecule has 0 fully saturated rings. The van der Waals surface area contributed by atoms with Gasteiger partial charge in [0, 0.05) is 35.6 Å². The Kier molecular flexibility index (Phi) is 5.80. The van der Waals surface area contributed by atoms with Gasteiger partial charge in [0.15, 0.2) is 0 Å². The molecule has 2 aromatic carbocycles. The van der Waals surface area contributed by atoms with Crippen LogP contribution in [0.3, 0.4) is 0 Å². The number of anilines is 2. The van der Waals surface area contributed by atoms with Crippen LogP contribution < -0.4 is 27.7 Å². The van der Waals surface area contributed by atoms with Crippen LogP contribution in [0.15, 0.2) is 48.6 Å². The van der Waals surface area contributed by atoms with Crippen molar-refractivity contribution >= 4 is 23.5 Å². The average Bonchev–Trinajstić information content (AvgIpc) is 2.54. The standard InChI is InChI=1S/C18H22N4O/c19-9-1-3-13-11-15(21)5-7-17(13)23-18-8-6-16(22)12-14(18)4-2-10-20/h1-8,11-12H,9-10,19-22H2. The van der Waals surface area contributed by atoms with Crippen molar-refractivity contribution in [1.82, 2.24) is 0 Å². The highest BCUT2D eigenvalue weighted by Gasteiger charge is 2.07. The lowest BCUT2D eigenvalue weighted by atomic mass is 10.1. The zero-order valence-corrected chi connectivity index (χ0v) is 12.9. The van der Waals surface area contributed by atoms with Crippen LogP contribution in [0, 0.1) is 0 Å². The number of hydrogen-bond donors (Lipinski definition) is 4. The van der Waals surface area contributed by atoms with E-state index in [1.165, 1.54) is 0 Å². The second-order valence-corrected chi connectivity index (χ2v) is 4.97. The minimum atomic E-state index is 0.445. The van der Waals surface area contributed by atoms with Crippen molar-refractivity contribution in [1.29, 1.82) is 0 Å². The maximum Gasteiger partial charge on any atom is 0.134 e. The Balaban J connectivity index is 2.39. The molecule has 0 atom stereocenters. The van der Waals surface area contributed by atoms with Crippen LogP contribution in [0.5, 0.6) is 11.5 Å². The maximum absolute atomic E-state index is 6.05. The van der Waals surface area contributed by atoms with Crippen LogP contribution in [0.25, 0.3) is 12.2 Å². The Bertz CT molecular complexity index is 661. The van der Waals surface area contributed by atoms with Gasteiger partial charge in [0.1, 0.15) is 11.5 Å². The minimum Gasteiger partial charge on any atom is -0.456 e. The Morgan fingerprint density at radius 2 is 1.17 bits per heavy atom. The first kappa shape index (κ1) is 16.6. The van der Waals surface area contributed by atoms with E-state index >= 15 is 0 Å². The summed E-state index contributed by atoms with van der Waals surface area (Å²) in [5.74, 6) is 1.38. The molecule has 5 heteroatoms. The highest BCUT2D eigenvalue weighted by molar-refractivity contribution is 5.66. The van der Waals surface area contributed by atoms with Crippen LogP contribution >= 0.6 is 0 Å². The summed E-state index contributed by atoms with van der Waals surface area (Å²) in [6, 6.07) is 10.9. The van der Waals surface area contributed by atoms with Crippen molar-refractivity contribution in [3.63, 3.8) is 0 Å². The molecule has 0 saturated carbocycles. The van der Waals surface area contributed by atoms with Crippen molar-refractivity contribution in [2.45, 2.75) is 0 Å². The zero-order valence-electron chi connectivity index (χ0n) is 12.9. The van der Waals surface area contributed by atoms with Crippen molar-refractivity contribution < 1.29 is 4.74 Å². The number of hydrogen-bond acceptors (Lipinski definition) is 5. The first-order valence-electron chi connectivity index (χ1n) is 7.34. The molecule has 0 saturated heterocycles. The number of nitrogen functional groups attached to an aromatic ring is 2.